The van der Waals surface area contributed by atoms with Crippen LogP contribution in [-0.4, -0.2) is 59.1 Å². The highest BCUT2D eigenvalue weighted by Crippen LogP contribution is 2.46. The van der Waals surface area contributed by atoms with Gasteiger partial charge in [0.05, 0.1) is 54.6 Å². The van der Waals surface area contributed by atoms with Gasteiger partial charge >= 0.3 is 12.1 Å². The van der Waals surface area contributed by atoms with Gasteiger partial charge in [-0.05, 0) is 71.8 Å². The van der Waals surface area contributed by atoms with Crippen molar-refractivity contribution in [1.29, 1.82) is 0 Å². The van der Waals surface area contributed by atoms with Crippen molar-refractivity contribution in [2.75, 3.05) is 20.3 Å². The summed E-state index contributed by atoms with van der Waals surface area (Å²) >= 11 is 0. The molecule has 10 heteroatoms. The van der Waals surface area contributed by atoms with Crippen molar-refractivity contribution in [3.05, 3.63) is 29.7 Å². The standard InChI is InChI=1S/C28H36FN3O6/c1-26(2,3)38-25(34)32-27-9-11-28(12-10-27,37-16-27)8-7-18-20(29)14-30-21-5-6-22(31-23(18)21)36-15-17-13-19(17)24(33)35-4/h5-6,14,17,19H,7-13,15-16H2,1-4H3,(H,32,34). The van der Waals surface area contributed by atoms with Crippen molar-refractivity contribution in [2.45, 2.75) is 82.5 Å². The molecule has 4 aliphatic rings. The van der Waals surface area contributed by atoms with E-state index in [1.165, 1.54) is 13.3 Å². The Morgan fingerprint density at radius 2 is 1.97 bits per heavy atom. The maximum absolute atomic E-state index is 15.0. The van der Waals surface area contributed by atoms with Crippen LogP contribution in [0.1, 0.15) is 64.9 Å². The molecule has 0 radical (unpaired) electrons. The Labute approximate surface area is 221 Å². The number of ether oxygens (including phenoxy) is 4. The van der Waals surface area contributed by atoms with E-state index in [9.17, 15) is 14.0 Å². The predicted molar refractivity (Wildman–Crippen MR) is 136 cm³/mol. The van der Waals surface area contributed by atoms with Crippen molar-refractivity contribution in [2.24, 2.45) is 11.8 Å². The van der Waals surface area contributed by atoms with Gasteiger partial charge in [-0.1, -0.05) is 0 Å². The van der Waals surface area contributed by atoms with Crippen LogP contribution in [0.5, 0.6) is 5.88 Å². The van der Waals surface area contributed by atoms with E-state index in [2.05, 4.69) is 15.3 Å². The highest BCUT2D eigenvalue weighted by molar-refractivity contribution is 5.78. The fourth-order valence-electron chi connectivity index (χ4n) is 5.58. The molecule has 0 spiro atoms. The molecule has 6 rings (SSSR count). The number of nitrogens with zero attached hydrogens (tertiary/aromatic N) is 2. The van der Waals surface area contributed by atoms with Crippen molar-refractivity contribution in [3.8, 4) is 5.88 Å². The number of esters is 1. The van der Waals surface area contributed by atoms with Crippen molar-refractivity contribution < 1.29 is 32.9 Å². The van der Waals surface area contributed by atoms with Crippen LogP contribution in [0, 0.1) is 17.7 Å². The van der Waals surface area contributed by atoms with Gasteiger partial charge < -0.3 is 24.3 Å². The second kappa shape index (κ2) is 9.94. The zero-order chi connectivity index (χ0) is 27.1. The molecule has 2 atom stereocenters. The molecular formula is C28H36FN3O6. The molecule has 2 unspecified atom stereocenters. The Balaban J connectivity index is 1.22. The van der Waals surface area contributed by atoms with Crippen LogP contribution >= 0.6 is 0 Å². The molecule has 4 fully saturated rings. The third kappa shape index (κ3) is 5.70. The first-order chi connectivity index (χ1) is 18.0. The molecule has 2 bridgehead atoms. The van der Waals surface area contributed by atoms with E-state index in [0.717, 1.165) is 32.1 Å². The number of nitrogens with one attached hydrogen (secondary N) is 1. The van der Waals surface area contributed by atoms with Gasteiger partial charge in [0.25, 0.3) is 0 Å². The summed E-state index contributed by atoms with van der Waals surface area (Å²) in [6.07, 6.45) is 5.76. The quantitative estimate of drug-likeness (QED) is 0.498. The van der Waals surface area contributed by atoms with Crippen LogP contribution in [0.3, 0.4) is 0 Å². The first-order valence-electron chi connectivity index (χ1n) is 13.3. The van der Waals surface area contributed by atoms with E-state index >= 15 is 0 Å². The molecule has 2 aromatic rings. The second-order valence-corrected chi connectivity index (χ2v) is 11.9. The summed E-state index contributed by atoms with van der Waals surface area (Å²) in [4.78, 5) is 32.8. The van der Waals surface area contributed by atoms with Gasteiger partial charge in [0.2, 0.25) is 5.88 Å². The topological polar surface area (TPSA) is 109 Å². The molecule has 206 valence electrons. The van der Waals surface area contributed by atoms with E-state index in [4.69, 9.17) is 18.9 Å². The largest absolute Gasteiger partial charge is 0.477 e. The van der Waals surface area contributed by atoms with E-state index in [0.29, 0.717) is 48.5 Å². The van der Waals surface area contributed by atoms with Gasteiger partial charge in [-0.15, -0.1) is 0 Å². The van der Waals surface area contributed by atoms with Gasteiger partial charge in [-0.2, -0.15) is 0 Å². The summed E-state index contributed by atoms with van der Waals surface area (Å²) in [5.74, 6) is -0.263. The number of alkyl carbamates (subject to hydrolysis) is 1. The van der Waals surface area contributed by atoms with Crippen LogP contribution in [-0.2, 0) is 25.4 Å². The minimum absolute atomic E-state index is 0.107. The van der Waals surface area contributed by atoms with Gasteiger partial charge in [0, 0.05) is 17.5 Å². The summed E-state index contributed by atoms with van der Waals surface area (Å²) in [5.41, 5.74) is 0.231. The molecular weight excluding hydrogens is 493 g/mol. The lowest BCUT2D eigenvalue weighted by Crippen LogP contribution is -2.63. The van der Waals surface area contributed by atoms with Crippen molar-refractivity contribution in [3.63, 3.8) is 0 Å². The Bertz CT molecular complexity index is 1200. The molecule has 9 nitrogen and oxygen atoms in total. The van der Waals surface area contributed by atoms with Gasteiger partial charge in [-0.25, -0.2) is 14.2 Å². The molecule has 2 aliphatic carbocycles. The molecule has 2 aromatic heterocycles. The maximum atomic E-state index is 15.0. The van der Waals surface area contributed by atoms with Gasteiger partial charge in [-0.3, -0.25) is 9.78 Å². The zero-order valence-electron chi connectivity index (χ0n) is 22.5. The normalized spacial score (nSPS) is 28.1. The van der Waals surface area contributed by atoms with E-state index < -0.39 is 23.1 Å². The lowest BCUT2D eigenvalue weighted by atomic mass is 9.69. The number of fused-ring (bicyclic) bond motifs is 4. The molecule has 0 aromatic carbocycles. The van der Waals surface area contributed by atoms with Crippen LogP contribution in [0.15, 0.2) is 18.3 Å². The van der Waals surface area contributed by atoms with E-state index in [-0.39, 0.29) is 23.4 Å². The SMILES string of the molecule is COC(=O)C1CC1COc1ccc2ncc(F)c(CCC34CCC(NC(=O)OC(C)(C)C)(CC3)CO4)c2n1. The molecule has 1 amide bonds. The fraction of sp³-hybridized carbons (Fsp3) is 0.643. The monoisotopic (exact) mass is 529 g/mol. The molecule has 38 heavy (non-hydrogen) atoms. The number of hydrogen-bond donors (Lipinski definition) is 1. The van der Waals surface area contributed by atoms with E-state index in [1.54, 1.807) is 12.1 Å². The number of amides is 1. The number of aromatic nitrogens is 2. The maximum Gasteiger partial charge on any atom is 0.408 e. The van der Waals surface area contributed by atoms with Crippen LogP contribution < -0.4 is 10.1 Å². The lowest BCUT2D eigenvalue weighted by molar-refractivity contribution is -0.163. The van der Waals surface area contributed by atoms with Crippen molar-refractivity contribution in [1.82, 2.24) is 15.3 Å². The zero-order valence-corrected chi connectivity index (χ0v) is 22.5. The second-order valence-electron chi connectivity index (χ2n) is 11.9. The smallest absolute Gasteiger partial charge is 0.408 e. The van der Waals surface area contributed by atoms with Crippen molar-refractivity contribution >= 4 is 23.1 Å². The third-order valence-corrected chi connectivity index (χ3v) is 7.98. The summed E-state index contributed by atoms with van der Waals surface area (Å²) in [6.45, 7) is 6.29. The molecule has 1 N–H and O–H groups in total. The Kier molecular flexibility index (Phi) is 6.96. The number of aryl methyl sites for hydroxylation is 1. The Morgan fingerprint density at radius 1 is 1.21 bits per heavy atom. The summed E-state index contributed by atoms with van der Waals surface area (Å²) in [5, 5.41) is 3.04. The third-order valence-electron chi connectivity index (χ3n) is 7.98. The Morgan fingerprint density at radius 3 is 2.63 bits per heavy atom. The first-order valence-corrected chi connectivity index (χ1v) is 13.3. The molecule has 2 saturated heterocycles. The molecule has 4 heterocycles. The van der Waals surface area contributed by atoms with Crippen LogP contribution in [0.4, 0.5) is 9.18 Å². The number of methoxy groups -OCH3 is 1. The summed E-state index contributed by atoms with van der Waals surface area (Å²) in [7, 11) is 1.38. The van der Waals surface area contributed by atoms with E-state index in [1.807, 2.05) is 20.8 Å². The average Bonchev–Trinajstić information content (AvgIpc) is 3.66. The summed E-state index contributed by atoms with van der Waals surface area (Å²) in [6, 6.07) is 3.49. The highest BCUT2D eigenvalue weighted by atomic mass is 19.1. The first kappa shape index (κ1) is 26.6. The van der Waals surface area contributed by atoms with Crippen LogP contribution in [0.25, 0.3) is 11.0 Å². The minimum atomic E-state index is -0.561. The number of carbonyl (C=O) groups is 2. The number of carbonyl (C=O) groups excluding carboxylic acids is 2. The number of pyridine rings is 2. The molecule has 2 aliphatic heterocycles. The number of hydrogen-bond acceptors (Lipinski definition) is 8. The van der Waals surface area contributed by atoms with Gasteiger partial charge in [0.1, 0.15) is 11.4 Å². The molecule has 2 saturated carbocycles. The predicted octanol–water partition coefficient (Wildman–Crippen LogP) is 4.50. The van der Waals surface area contributed by atoms with Crippen LogP contribution in [0.2, 0.25) is 0 Å². The average molecular weight is 530 g/mol. The Hall–Kier alpha value is -3.01. The minimum Gasteiger partial charge on any atom is -0.477 e. The fourth-order valence-corrected chi connectivity index (χ4v) is 5.58. The highest BCUT2D eigenvalue weighted by Gasteiger charge is 2.50. The van der Waals surface area contributed by atoms with Gasteiger partial charge in [0.15, 0.2) is 0 Å². The number of rotatable bonds is 8. The number of halogens is 1. The lowest BCUT2D eigenvalue weighted by Gasteiger charge is -2.53. The summed E-state index contributed by atoms with van der Waals surface area (Å²) < 4.78 is 37.4.